The largest absolute Gasteiger partial charge is 0.507 e. The summed E-state index contributed by atoms with van der Waals surface area (Å²) in [5.74, 6) is -0.151. The smallest absolute Gasteiger partial charge is 0.253 e. The van der Waals surface area contributed by atoms with Crippen molar-refractivity contribution >= 4 is 21.8 Å². The van der Waals surface area contributed by atoms with Crippen LogP contribution in [0, 0.1) is 0 Å². The zero-order chi connectivity index (χ0) is 14.0. The molecule has 0 bridgehead atoms. The summed E-state index contributed by atoms with van der Waals surface area (Å²) in [6.45, 7) is 0.336. The predicted octanol–water partition coefficient (Wildman–Crippen LogP) is 2.53. The number of aliphatic hydroxyl groups is 1. The Labute approximate surface area is 121 Å². The Morgan fingerprint density at radius 2 is 2.05 bits per heavy atom. The van der Waals surface area contributed by atoms with E-state index in [2.05, 4.69) is 15.9 Å². The molecule has 2 N–H and O–H groups in total. The number of hydrogen-bond acceptors (Lipinski definition) is 3. The number of phenolic OH excluding ortho intramolecular Hbond substituents is 1. The van der Waals surface area contributed by atoms with E-state index < -0.39 is 5.60 Å². The van der Waals surface area contributed by atoms with Crippen molar-refractivity contribution in [2.75, 3.05) is 13.6 Å². The molecule has 2 rings (SSSR count). The number of amides is 1. The second-order valence-corrected chi connectivity index (χ2v) is 6.11. The molecule has 0 aliphatic heterocycles. The Balaban J connectivity index is 2.08. The van der Waals surface area contributed by atoms with E-state index in [1.165, 1.54) is 11.0 Å². The molecule has 19 heavy (non-hydrogen) atoms. The van der Waals surface area contributed by atoms with Crippen LogP contribution < -0.4 is 0 Å². The molecule has 4 nitrogen and oxygen atoms in total. The molecule has 0 saturated heterocycles. The summed E-state index contributed by atoms with van der Waals surface area (Å²) in [4.78, 5) is 13.7. The maximum absolute atomic E-state index is 12.2. The van der Waals surface area contributed by atoms with Crippen molar-refractivity contribution < 1.29 is 15.0 Å². The van der Waals surface area contributed by atoms with Crippen LogP contribution in [0.1, 0.15) is 36.0 Å². The van der Waals surface area contributed by atoms with Gasteiger partial charge in [-0.15, -0.1) is 0 Å². The van der Waals surface area contributed by atoms with E-state index in [1.54, 1.807) is 19.2 Å². The Bertz CT molecular complexity index is 484. The first kappa shape index (κ1) is 14.3. The summed E-state index contributed by atoms with van der Waals surface area (Å²) in [7, 11) is 1.68. The summed E-state index contributed by atoms with van der Waals surface area (Å²) in [6.07, 6.45) is 3.52. The number of rotatable bonds is 3. The summed E-state index contributed by atoms with van der Waals surface area (Å²) in [5, 5.41) is 19.9. The number of nitrogens with zero attached hydrogens (tertiary/aromatic N) is 1. The molecule has 1 fully saturated rings. The third kappa shape index (κ3) is 3.28. The molecule has 104 valence electrons. The van der Waals surface area contributed by atoms with Gasteiger partial charge in [0.25, 0.3) is 5.91 Å². The number of halogens is 1. The van der Waals surface area contributed by atoms with E-state index >= 15 is 0 Å². The first-order valence-corrected chi connectivity index (χ1v) is 7.17. The van der Waals surface area contributed by atoms with Crippen LogP contribution in [0.25, 0.3) is 0 Å². The molecule has 1 amide bonds. The molecule has 1 aliphatic carbocycles. The Hall–Kier alpha value is -1.07. The number of likely N-dealkylation sites (N-methyl/N-ethyl adjacent to an activating group) is 1. The van der Waals surface area contributed by atoms with E-state index in [0.29, 0.717) is 16.6 Å². The normalized spacial score (nSPS) is 17.4. The van der Waals surface area contributed by atoms with E-state index in [4.69, 9.17) is 0 Å². The van der Waals surface area contributed by atoms with Crippen LogP contribution in [-0.2, 0) is 0 Å². The second kappa shape index (κ2) is 5.51. The molecule has 0 atom stereocenters. The average Bonchev–Trinajstić information content (AvgIpc) is 2.78. The molecule has 0 radical (unpaired) electrons. The van der Waals surface area contributed by atoms with Gasteiger partial charge < -0.3 is 15.1 Å². The monoisotopic (exact) mass is 327 g/mol. The quantitative estimate of drug-likeness (QED) is 0.896. The van der Waals surface area contributed by atoms with Gasteiger partial charge in [0.1, 0.15) is 5.75 Å². The van der Waals surface area contributed by atoms with Gasteiger partial charge in [-0.25, -0.2) is 0 Å². The number of hydrogen-bond donors (Lipinski definition) is 2. The maximum atomic E-state index is 12.2. The van der Waals surface area contributed by atoms with Crippen molar-refractivity contribution in [2.24, 2.45) is 0 Å². The van der Waals surface area contributed by atoms with Crippen LogP contribution >= 0.6 is 15.9 Å². The van der Waals surface area contributed by atoms with Crippen LogP contribution in [-0.4, -0.2) is 40.2 Å². The van der Waals surface area contributed by atoms with Gasteiger partial charge in [0.15, 0.2) is 0 Å². The SMILES string of the molecule is CN(CC1(O)CCCC1)C(=O)c1ccc(Br)c(O)c1. The number of benzene rings is 1. The van der Waals surface area contributed by atoms with Gasteiger partial charge in [0.05, 0.1) is 10.1 Å². The predicted molar refractivity (Wildman–Crippen MR) is 76.2 cm³/mol. The summed E-state index contributed by atoms with van der Waals surface area (Å²) < 4.78 is 0.557. The highest BCUT2D eigenvalue weighted by Gasteiger charge is 2.33. The van der Waals surface area contributed by atoms with Crippen LogP contribution in [0.4, 0.5) is 0 Å². The third-order valence-corrected chi connectivity index (χ3v) is 4.28. The van der Waals surface area contributed by atoms with Crippen molar-refractivity contribution in [3.05, 3.63) is 28.2 Å². The van der Waals surface area contributed by atoms with Crippen LogP contribution in [0.3, 0.4) is 0 Å². The first-order valence-electron chi connectivity index (χ1n) is 6.38. The van der Waals surface area contributed by atoms with Crippen molar-refractivity contribution in [3.8, 4) is 5.75 Å². The second-order valence-electron chi connectivity index (χ2n) is 5.26. The third-order valence-electron chi connectivity index (χ3n) is 3.61. The molecule has 1 aliphatic rings. The van der Waals surface area contributed by atoms with Gasteiger partial charge >= 0.3 is 0 Å². The average molecular weight is 328 g/mol. The van der Waals surface area contributed by atoms with Gasteiger partial charge in [0, 0.05) is 19.2 Å². The lowest BCUT2D eigenvalue weighted by Crippen LogP contribution is -2.42. The maximum Gasteiger partial charge on any atom is 0.253 e. The molecule has 1 aromatic rings. The highest BCUT2D eigenvalue weighted by atomic mass is 79.9. The van der Waals surface area contributed by atoms with E-state index in [9.17, 15) is 15.0 Å². The lowest BCUT2D eigenvalue weighted by Gasteiger charge is -2.28. The number of carbonyl (C=O) groups is 1. The standard InChI is InChI=1S/C14H18BrNO3/c1-16(9-14(19)6-2-3-7-14)13(18)10-4-5-11(15)12(17)8-10/h4-5,8,17,19H,2-3,6-7,9H2,1H3. The molecule has 5 heteroatoms. The van der Waals surface area contributed by atoms with E-state index in [-0.39, 0.29) is 11.7 Å². The van der Waals surface area contributed by atoms with Gasteiger partial charge in [-0.2, -0.15) is 0 Å². The van der Waals surface area contributed by atoms with Crippen LogP contribution in [0.15, 0.2) is 22.7 Å². The highest BCUT2D eigenvalue weighted by Crippen LogP contribution is 2.30. The molecule has 0 aromatic heterocycles. The molecular formula is C14H18BrNO3. The number of carbonyl (C=O) groups excluding carboxylic acids is 1. The fourth-order valence-corrected chi connectivity index (χ4v) is 2.82. The highest BCUT2D eigenvalue weighted by molar-refractivity contribution is 9.10. The van der Waals surface area contributed by atoms with Crippen LogP contribution in [0.2, 0.25) is 0 Å². The molecule has 0 unspecified atom stereocenters. The summed E-state index contributed by atoms with van der Waals surface area (Å²) in [5.41, 5.74) is -0.327. The minimum absolute atomic E-state index is 0.0406. The molecule has 1 aromatic carbocycles. The molecular weight excluding hydrogens is 310 g/mol. The first-order chi connectivity index (χ1) is 8.91. The zero-order valence-corrected chi connectivity index (χ0v) is 12.5. The van der Waals surface area contributed by atoms with Gasteiger partial charge in [-0.05, 0) is 47.0 Å². The number of phenols is 1. The fourth-order valence-electron chi connectivity index (χ4n) is 2.57. The van der Waals surface area contributed by atoms with E-state index in [1.807, 2.05) is 0 Å². The van der Waals surface area contributed by atoms with Crippen molar-refractivity contribution in [1.29, 1.82) is 0 Å². The van der Waals surface area contributed by atoms with Gasteiger partial charge in [-0.1, -0.05) is 12.8 Å². The van der Waals surface area contributed by atoms with Crippen molar-refractivity contribution in [3.63, 3.8) is 0 Å². The topological polar surface area (TPSA) is 60.8 Å². The summed E-state index contributed by atoms with van der Waals surface area (Å²) >= 11 is 3.18. The van der Waals surface area contributed by atoms with Gasteiger partial charge in [-0.3, -0.25) is 4.79 Å². The minimum atomic E-state index is -0.748. The minimum Gasteiger partial charge on any atom is -0.507 e. The van der Waals surface area contributed by atoms with E-state index in [0.717, 1.165) is 25.7 Å². The molecule has 0 heterocycles. The fraction of sp³-hybridized carbons (Fsp3) is 0.500. The zero-order valence-electron chi connectivity index (χ0n) is 10.9. The molecule has 1 saturated carbocycles. The van der Waals surface area contributed by atoms with Gasteiger partial charge in [0.2, 0.25) is 0 Å². The molecule has 0 spiro atoms. The Morgan fingerprint density at radius 3 is 2.63 bits per heavy atom. The van der Waals surface area contributed by atoms with Crippen LogP contribution in [0.5, 0.6) is 5.75 Å². The van der Waals surface area contributed by atoms with Crippen molar-refractivity contribution in [2.45, 2.75) is 31.3 Å². The Kier molecular flexibility index (Phi) is 4.16. The summed E-state index contributed by atoms with van der Waals surface area (Å²) in [6, 6.07) is 4.73. The Morgan fingerprint density at radius 1 is 1.42 bits per heavy atom. The lowest BCUT2D eigenvalue weighted by molar-refractivity contribution is 0.0156. The number of aromatic hydroxyl groups is 1. The lowest BCUT2D eigenvalue weighted by atomic mass is 10.0. The van der Waals surface area contributed by atoms with Crippen molar-refractivity contribution in [1.82, 2.24) is 4.90 Å².